The highest BCUT2D eigenvalue weighted by molar-refractivity contribution is 7.92. The van der Waals surface area contributed by atoms with Gasteiger partial charge in [-0.15, -0.1) is 0 Å². The van der Waals surface area contributed by atoms with Crippen LogP contribution in [0, 0.1) is 0 Å². The summed E-state index contributed by atoms with van der Waals surface area (Å²) in [6.45, 7) is 3.18. The number of methoxy groups -OCH3 is 2. The molecule has 0 aromatic heterocycles. The molecule has 0 heterocycles. The average Bonchev–Trinajstić information content (AvgIpc) is 2.98. The van der Waals surface area contributed by atoms with Crippen LogP contribution in [0.15, 0.2) is 66.7 Å². The van der Waals surface area contributed by atoms with Gasteiger partial charge in [-0.1, -0.05) is 66.5 Å². The summed E-state index contributed by atoms with van der Waals surface area (Å²) in [5.74, 6) is -0.372. The number of sulfonamides is 1. The number of hydrogen-bond acceptors (Lipinski definition) is 6. The van der Waals surface area contributed by atoms with Crippen LogP contribution in [0.1, 0.15) is 31.4 Å². The molecule has 232 valence electrons. The Morgan fingerprint density at radius 2 is 1.63 bits per heavy atom. The quantitative estimate of drug-likeness (QED) is 0.253. The van der Waals surface area contributed by atoms with Crippen molar-refractivity contribution in [3.8, 4) is 11.5 Å². The van der Waals surface area contributed by atoms with Gasteiger partial charge in [0.1, 0.15) is 24.1 Å². The summed E-state index contributed by atoms with van der Waals surface area (Å²) in [5, 5.41) is 3.62. The Balaban J connectivity index is 2.13. The van der Waals surface area contributed by atoms with Crippen LogP contribution in [-0.4, -0.2) is 64.2 Å². The third-order valence-electron chi connectivity index (χ3n) is 6.94. The van der Waals surface area contributed by atoms with Crippen molar-refractivity contribution in [2.75, 3.05) is 31.3 Å². The van der Waals surface area contributed by atoms with E-state index in [-0.39, 0.29) is 41.4 Å². The van der Waals surface area contributed by atoms with Crippen molar-refractivity contribution in [2.45, 2.75) is 45.3 Å². The highest BCUT2D eigenvalue weighted by Crippen LogP contribution is 2.34. The normalized spacial score (nSPS) is 12.6. The first-order chi connectivity index (χ1) is 20.4. The fourth-order valence-electron chi connectivity index (χ4n) is 4.42. The van der Waals surface area contributed by atoms with Crippen LogP contribution in [0.3, 0.4) is 0 Å². The third-order valence-corrected chi connectivity index (χ3v) is 8.81. The maximum absolute atomic E-state index is 14.3. The molecule has 43 heavy (non-hydrogen) atoms. The van der Waals surface area contributed by atoms with Crippen LogP contribution in [0.4, 0.5) is 5.69 Å². The summed E-state index contributed by atoms with van der Waals surface area (Å²) in [6, 6.07) is 17.8. The molecule has 0 bridgehead atoms. The van der Waals surface area contributed by atoms with E-state index >= 15 is 0 Å². The SMILES string of the molecule is CCC(C)NC(=O)C(Cc1ccccc1)N(Cc1ccc(Cl)c(Cl)c1)C(=O)CN(c1cc(OC)ccc1OC)S(C)(=O)=O. The third kappa shape index (κ3) is 9.26. The van der Waals surface area contributed by atoms with Crippen LogP contribution >= 0.6 is 23.2 Å². The lowest BCUT2D eigenvalue weighted by molar-refractivity contribution is -0.140. The molecule has 2 amide bonds. The van der Waals surface area contributed by atoms with Crippen LogP contribution in [0.2, 0.25) is 10.0 Å². The minimum atomic E-state index is -4.01. The summed E-state index contributed by atoms with van der Waals surface area (Å²) in [6.07, 6.45) is 1.87. The molecule has 2 unspecified atom stereocenters. The second-order valence-corrected chi connectivity index (χ2v) is 12.8. The molecule has 12 heteroatoms. The first-order valence-corrected chi connectivity index (χ1v) is 16.3. The summed E-state index contributed by atoms with van der Waals surface area (Å²) in [4.78, 5) is 29.5. The van der Waals surface area contributed by atoms with Gasteiger partial charge in [-0.25, -0.2) is 8.42 Å². The van der Waals surface area contributed by atoms with E-state index in [0.29, 0.717) is 22.8 Å². The van der Waals surface area contributed by atoms with Crippen molar-refractivity contribution in [1.29, 1.82) is 0 Å². The van der Waals surface area contributed by atoms with Crippen molar-refractivity contribution in [2.24, 2.45) is 0 Å². The molecule has 9 nitrogen and oxygen atoms in total. The van der Waals surface area contributed by atoms with Gasteiger partial charge < -0.3 is 19.7 Å². The van der Waals surface area contributed by atoms with Crippen molar-refractivity contribution < 1.29 is 27.5 Å². The number of amides is 2. The van der Waals surface area contributed by atoms with Gasteiger partial charge in [0.05, 0.1) is 36.2 Å². The van der Waals surface area contributed by atoms with Crippen LogP contribution in [0.25, 0.3) is 0 Å². The largest absolute Gasteiger partial charge is 0.497 e. The molecule has 3 aromatic rings. The van der Waals surface area contributed by atoms with Gasteiger partial charge in [0.2, 0.25) is 21.8 Å². The van der Waals surface area contributed by atoms with Gasteiger partial charge in [-0.2, -0.15) is 0 Å². The zero-order chi connectivity index (χ0) is 31.7. The van der Waals surface area contributed by atoms with E-state index in [0.717, 1.165) is 16.1 Å². The van der Waals surface area contributed by atoms with Gasteiger partial charge in [-0.05, 0) is 48.7 Å². The molecule has 0 aliphatic heterocycles. The fourth-order valence-corrected chi connectivity index (χ4v) is 5.58. The van der Waals surface area contributed by atoms with Crippen LogP contribution in [0.5, 0.6) is 11.5 Å². The van der Waals surface area contributed by atoms with E-state index in [9.17, 15) is 18.0 Å². The van der Waals surface area contributed by atoms with Crippen molar-refractivity contribution >= 4 is 50.7 Å². The van der Waals surface area contributed by atoms with Gasteiger partial charge in [0.25, 0.3) is 0 Å². The van der Waals surface area contributed by atoms with Crippen molar-refractivity contribution in [1.82, 2.24) is 10.2 Å². The smallest absolute Gasteiger partial charge is 0.244 e. The zero-order valence-electron chi connectivity index (χ0n) is 24.8. The molecule has 2 atom stereocenters. The molecule has 0 aliphatic carbocycles. The molecule has 3 rings (SSSR count). The van der Waals surface area contributed by atoms with Crippen molar-refractivity contribution in [3.05, 3.63) is 87.9 Å². The Morgan fingerprint density at radius 3 is 2.21 bits per heavy atom. The lowest BCUT2D eigenvalue weighted by atomic mass is 10.0. The highest BCUT2D eigenvalue weighted by Gasteiger charge is 2.34. The van der Waals surface area contributed by atoms with E-state index in [1.165, 1.54) is 25.2 Å². The molecule has 3 aromatic carbocycles. The monoisotopic (exact) mass is 649 g/mol. The molecule has 0 fully saturated rings. The first kappa shape index (κ1) is 34.0. The van der Waals surface area contributed by atoms with Gasteiger partial charge in [0, 0.05) is 25.1 Å². The predicted molar refractivity (Wildman–Crippen MR) is 171 cm³/mol. The second-order valence-electron chi connectivity index (χ2n) is 10.1. The number of halogens is 2. The molecular weight excluding hydrogens is 613 g/mol. The fraction of sp³-hybridized carbons (Fsp3) is 0.355. The number of rotatable bonds is 14. The summed E-state index contributed by atoms with van der Waals surface area (Å²) < 4.78 is 37.9. The van der Waals surface area contributed by atoms with Gasteiger partial charge in [-0.3, -0.25) is 13.9 Å². The number of anilines is 1. The van der Waals surface area contributed by atoms with E-state index in [2.05, 4.69) is 5.32 Å². The maximum Gasteiger partial charge on any atom is 0.244 e. The van der Waals surface area contributed by atoms with E-state index in [1.807, 2.05) is 44.2 Å². The average molecular weight is 651 g/mol. The number of carbonyl (C=O) groups excluding carboxylic acids is 2. The van der Waals surface area contributed by atoms with Crippen LogP contribution in [-0.2, 0) is 32.6 Å². The first-order valence-electron chi connectivity index (χ1n) is 13.6. The predicted octanol–water partition coefficient (Wildman–Crippen LogP) is 5.33. The number of nitrogens with one attached hydrogen (secondary N) is 1. The Hall–Kier alpha value is -3.47. The van der Waals surface area contributed by atoms with E-state index in [1.54, 1.807) is 30.3 Å². The minimum absolute atomic E-state index is 0.0337. The summed E-state index contributed by atoms with van der Waals surface area (Å²) in [5.41, 5.74) is 1.56. The number of ether oxygens (including phenoxy) is 2. The highest BCUT2D eigenvalue weighted by atomic mass is 35.5. The molecule has 0 radical (unpaired) electrons. The number of carbonyl (C=O) groups is 2. The molecular formula is C31H37Cl2N3O6S. The Labute approximate surface area is 263 Å². The summed E-state index contributed by atoms with van der Waals surface area (Å²) in [7, 11) is -1.15. The number of hydrogen-bond donors (Lipinski definition) is 1. The van der Waals surface area contributed by atoms with Crippen LogP contribution < -0.4 is 19.1 Å². The molecule has 1 N–H and O–H groups in total. The maximum atomic E-state index is 14.3. The number of nitrogens with zero attached hydrogens (tertiary/aromatic N) is 2. The van der Waals surface area contributed by atoms with Gasteiger partial charge >= 0.3 is 0 Å². The molecule has 0 spiro atoms. The Morgan fingerprint density at radius 1 is 0.930 bits per heavy atom. The van der Waals surface area contributed by atoms with Crippen molar-refractivity contribution in [3.63, 3.8) is 0 Å². The van der Waals surface area contributed by atoms with Gasteiger partial charge in [0.15, 0.2) is 0 Å². The number of benzene rings is 3. The molecule has 0 saturated heterocycles. The summed E-state index contributed by atoms with van der Waals surface area (Å²) >= 11 is 12.4. The zero-order valence-corrected chi connectivity index (χ0v) is 27.2. The molecule has 0 saturated carbocycles. The topological polar surface area (TPSA) is 105 Å². The standard InChI is InChI=1S/C31H37Cl2N3O6S/c1-6-21(2)34-31(38)28(17-22-10-8-7-9-11-22)35(19-23-12-14-25(32)26(33)16-23)30(37)20-36(43(5,39)40)27-18-24(41-3)13-15-29(27)42-4/h7-16,18,21,28H,6,17,19-20H2,1-5H3,(H,34,38). The second kappa shape index (κ2) is 15.3. The lowest BCUT2D eigenvalue weighted by Crippen LogP contribution is -2.54. The molecule has 0 aliphatic rings. The minimum Gasteiger partial charge on any atom is -0.497 e. The Bertz CT molecular complexity index is 1520. The van der Waals surface area contributed by atoms with E-state index < -0.39 is 28.5 Å². The lowest BCUT2D eigenvalue weighted by Gasteiger charge is -2.34. The van der Waals surface area contributed by atoms with E-state index in [4.69, 9.17) is 32.7 Å². The Kier molecular flexibility index (Phi) is 12.1.